The van der Waals surface area contributed by atoms with E-state index in [2.05, 4.69) is 6.92 Å². The Labute approximate surface area is 86.6 Å². The Balaban J connectivity index is 2.39. The summed E-state index contributed by atoms with van der Waals surface area (Å²) in [6, 6.07) is 0.447. The summed E-state index contributed by atoms with van der Waals surface area (Å²) in [7, 11) is 0. The molecule has 0 bridgehead atoms. The van der Waals surface area contributed by atoms with Gasteiger partial charge in [-0.15, -0.1) is 0 Å². The molecular formula is C11H22N2O. The van der Waals surface area contributed by atoms with Gasteiger partial charge in [0.25, 0.3) is 0 Å². The van der Waals surface area contributed by atoms with Crippen LogP contribution in [0.3, 0.4) is 0 Å². The van der Waals surface area contributed by atoms with Crippen LogP contribution in [0.25, 0.3) is 0 Å². The number of nitrogens with zero attached hydrogens (tertiary/aromatic N) is 1. The van der Waals surface area contributed by atoms with Gasteiger partial charge in [0.2, 0.25) is 5.91 Å². The van der Waals surface area contributed by atoms with Crippen molar-refractivity contribution in [2.24, 2.45) is 11.7 Å². The largest absolute Gasteiger partial charge is 0.340 e. The second kappa shape index (κ2) is 5.35. The van der Waals surface area contributed by atoms with Gasteiger partial charge in [-0.3, -0.25) is 4.79 Å². The fraction of sp³-hybridized carbons (Fsp3) is 0.909. The second-order valence-electron chi connectivity index (χ2n) is 4.35. The highest BCUT2D eigenvalue weighted by Gasteiger charge is 2.27. The Bertz CT molecular complexity index is 194. The van der Waals surface area contributed by atoms with Crippen molar-refractivity contribution in [3.63, 3.8) is 0 Å². The Kier molecular flexibility index (Phi) is 4.39. The van der Waals surface area contributed by atoms with E-state index >= 15 is 0 Å². The van der Waals surface area contributed by atoms with Crippen molar-refractivity contribution in [1.29, 1.82) is 0 Å². The van der Waals surface area contributed by atoms with Gasteiger partial charge in [0, 0.05) is 18.5 Å². The van der Waals surface area contributed by atoms with Crippen LogP contribution in [0, 0.1) is 5.92 Å². The molecule has 1 rings (SSSR count). The van der Waals surface area contributed by atoms with Crippen molar-refractivity contribution in [2.45, 2.75) is 45.6 Å². The number of hydrogen-bond donors (Lipinski definition) is 1. The molecule has 0 saturated carbocycles. The Morgan fingerprint density at radius 3 is 2.86 bits per heavy atom. The molecule has 0 spiro atoms. The highest BCUT2D eigenvalue weighted by atomic mass is 16.2. The molecule has 2 N–H and O–H groups in total. The molecule has 14 heavy (non-hydrogen) atoms. The standard InChI is InChI=1S/C11H22N2O/c1-9(5-3-7-12)11(14)13-8-4-6-10(13)2/h9-10H,3-8,12H2,1-2H3. The smallest absolute Gasteiger partial charge is 0.225 e. The van der Waals surface area contributed by atoms with Gasteiger partial charge in [-0.25, -0.2) is 0 Å². The lowest BCUT2D eigenvalue weighted by atomic mass is 10.0. The molecule has 3 nitrogen and oxygen atoms in total. The summed E-state index contributed by atoms with van der Waals surface area (Å²) in [5, 5.41) is 0. The van der Waals surface area contributed by atoms with Crippen LogP contribution in [0.1, 0.15) is 39.5 Å². The van der Waals surface area contributed by atoms with Crippen LogP contribution in [0.15, 0.2) is 0 Å². The van der Waals surface area contributed by atoms with Crippen LogP contribution in [0.5, 0.6) is 0 Å². The van der Waals surface area contributed by atoms with E-state index in [9.17, 15) is 4.79 Å². The lowest BCUT2D eigenvalue weighted by molar-refractivity contribution is -0.135. The molecule has 1 saturated heterocycles. The van der Waals surface area contributed by atoms with Gasteiger partial charge in [-0.1, -0.05) is 6.92 Å². The molecule has 1 amide bonds. The van der Waals surface area contributed by atoms with Gasteiger partial charge in [0.15, 0.2) is 0 Å². The summed E-state index contributed by atoms with van der Waals surface area (Å²) in [5.74, 6) is 0.475. The minimum atomic E-state index is 0.152. The second-order valence-corrected chi connectivity index (χ2v) is 4.35. The van der Waals surface area contributed by atoms with Gasteiger partial charge in [0.1, 0.15) is 0 Å². The number of nitrogens with two attached hydrogens (primary N) is 1. The molecule has 0 aromatic rings. The monoisotopic (exact) mass is 198 g/mol. The summed E-state index contributed by atoms with van der Waals surface area (Å²) in [6.07, 6.45) is 4.21. The van der Waals surface area contributed by atoms with E-state index in [1.807, 2.05) is 11.8 Å². The molecule has 0 radical (unpaired) electrons. The molecule has 0 aromatic heterocycles. The van der Waals surface area contributed by atoms with Crippen molar-refractivity contribution in [3.05, 3.63) is 0 Å². The van der Waals surface area contributed by atoms with Crippen molar-refractivity contribution < 1.29 is 4.79 Å². The number of likely N-dealkylation sites (tertiary alicyclic amines) is 1. The molecule has 1 fully saturated rings. The predicted molar refractivity (Wildman–Crippen MR) is 57.9 cm³/mol. The molecule has 3 heteroatoms. The quantitative estimate of drug-likeness (QED) is 0.741. The number of hydrogen-bond acceptors (Lipinski definition) is 2. The first-order valence-corrected chi connectivity index (χ1v) is 5.67. The van der Waals surface area contributed by atoms with E-state index in [4.69, 9.17) is 5.73 Å². The van der Waals surface area contributed by atoms with Gasteiger partial charge in [0.05, 0.1) is 0 Å². The normalized spacial score (nSPS) is 23.9. The third-order valence-electron chi connectivity index (χ3n) is 3.10. The van der Waals surface area contributed by atoms with E-state index in [1.165, 1.54) is 0 Å². The first-order valence-electron chi connectivity index (χ1n) is 5.67. The van der Waals surface area contributed by atoms with Crippen LogP contribution < -0.4 is 5.73 Å². The maximum absolute atomic E-state index is 11.9. The lowest BCUT2D eigenvalue weighted by Crippen LogP contribution is -2.37. The molecule has 1 heterocycles. The Hall–Kier alpha value is -0.570. The van der Waals surface area contributed by atoms with Crippen LogP contribution in [0.4, 0.5) is 0 Å². The van der Waals surface area contributed by atoms with Gasteiger partial charge in [-0.05, 0) is 39.2 Å². The Morgan fingerprint density at radius 1 is 1.64 bits per heavy atom. The van der Waals surface area contributed by atoms with Crippen molar-refractivity contribution in [1.82, 2.24) is 4.90 Å². The zero-order valence-electron chi connectivity index (χ0n) is 9.33. The summed E-state index contributed by atoms with van der Waals surface area (Å²) in [5.41, 5.74) is 5.43. The van der Waals surface area contributed by atoms with E-state index < -0.39 is 0 Å². The number of amides is 1. The minimum Gasteiger partial charge on any atom is -0.340 e. The third-order valence-corrected chi connectivity index (χ3v) is 3.10. The molecule has 2 atom stereocenters. The third kappa shape index (κ3) is 2.71. The zero-order valence-corrected chi connectivity index (χ0v) is 9.33. The summed E-state index contributed by atoms with van der Waals surface area (Å²) in [6.45, 7) is 5.80. The van der Waals surface area contributed by atoms with Crippen LogP contribution >= 0.6 is 0 Å². The first kappa shape index (κ1) is 11.5. The average molecular weight is 198 g/mol. The maximum Gasteiger partial charge on any atom is 0.225 e. The van der Waals surface area contributed by atoms with Gasteiger partial charge in [-0.2, -0.15) is 0 Å². The van der Waals surface area contributed by atoms with E-state index in [0.29, 0.717) is 18.5 Å². The van der Waals surface area contributed by atoms with E-state index in [-0.39, 0.29) is 5.92 Å². The van der Waals surface area contributed by atoms with Crippen molar-refractivity contribution in [3.8, 4) is 0 Å². The van der Waals surface area contributed by atoms with Crippen molar-refractivity contribution >= 4 is 5.91 Å². The molecular weight excluding hydrogens is 176 g/mol. The fourth-order valence-electron chi connectivity index (χ4n) is 2.09. The molecule has 1 aliphatic rings. The highest BCUT2D eigenvalue weighted by Crippen LogP contribution is 2.20. The molecule has 0 aliphatic carbocycles. The predicted octanol–water partition coefficient (Wildman–Crippen LogP) is 1.37. The van der Waals surface area contributed by atoms with Crippen molar-refractivity contribution in [2.75, 3.05) is 13.1 Å². The van der Waals surface area contributed by atoms with Gasteiger partial charge < -0.3 is 10.6 Å². The first-order chi connectivity index (χ1) is 6.66. The number of rotatable bonds is 4. The SMILES string of the molecule is CC(CCCN)C(=O)N1CCCC1C. The van der Waals surface area contributed by atoms with E-state index in [0.717, 1.165) is 32.2 Å². The topological polar surface area (TPSA) is 46.3 Å². The average Bonchev–Trinajstić information content (AvgIpc) is 2.59. The minimum absolute atomic E-state index is 0.152. The lowest BCUT2D eigenvalue weighted by Gasteiger charge is -2.24. The maximum atomic E-state index is 11.9. The van der Waals surface area contributed by atoms with Crippen LogP contribution in [-0.4, -0.2) is 29.9 Å². The number of carbonyl (C=O) groups is 1. The Morgan fingerprint density at radius 2 is 2.36 bits per heavy atom. The molecule has 0 aromatic carbocycles. The van der Waals surface area contributed by atoms with Crippen LogP contribution in [-0.2, 0) is 4.79 Å². The van der Waals surface area contributed by atoms with Gasteiger partial charge >= 0.3 is 0 Å². The number of carbonyl (C=O) groups excluding carboxylic acids is 1. The zero-order chi connectivity index (χ0) is 10.6. The molecule has 82 valence electrons. The summed E-state index contributed by atoms with van der Waals surface area (Å²) >= 11 is 0. The van der Waals surface area contributed by atoms with E-state index in [1.54, 1.807) is 0 Å². The molecule has 2 unspecified atom stereocenters. The molecule has 1 aliphatic heterocycles. The summed E-state index contributed by atoms with van der Waals surface area (Å²) < 4.78 is 0. The fourth-order valence-corrected chi connectivity index (χ4v) is 2.09. The highest BCUT2D eigenvalue weighted by molar-refractivity contribution is 5.79. The van der Waals surface area contributed by atoms with Crippen LogP contribution in [0.2, 0.25) is 0 Å². The summed E-state index contributed by atoms with van der Waals surface area (Å²) in [4.78, 5) is 14.0.